The fourth-order valence-corrected chi connectivity index (χ4v) is 6.58. The van der Waals surface area contributed by atoms with Crippen LogP contribution < -0.4 is 0 Å². The molecule has 1 aromatic carbocycles. The summed E-state index contributed by atoms with van der Waals surface area (Å²) >= 11 is 6.17. The van der Waals surface area contributed by atoms with Crippen LogP contribution in [-0.4, -0.2) is 44.4 Å². The predicted molar refractivity (Wildman–Crippen MR) is 108 cm³/mol. The van der Waals surface area contributed by atoms with Crippen molar-refractivity contribution in [3.63, 3.8) is 0 Å². The lowest BCUT2D eigenvalue weighted by atomic mass is 9.55. The highest BCUT2D eigenvalue weighted by molar-refractivity contribution is 6.31. The van der Waals surface area contributed by atoms with Gasteiger partial charge in [-0.3, -0.25) is 4.79 Å². The number of aromatic amines is 1. The summed E-state index contributed by atoms with van der Waals surface area (Å²) in [6, 6.07) is 6.11. The van der Waals surface area contributed by atoms with Crippen LogP contribution in [0.15, 0.2) is 24.4 Å². The maximum absolute atomic E-state index is 13.3. The summed E-state index contributed by atoms with van der Waals surface area (Å²) in [6.45, 7) is 2.09. The number of aromatic nitrogens is 1. The molecule has 2 saturated heterocycles. The quantitative estimate of drug-likeness (QED) is 0.681. The molecule has 6 rings (SSSR count). The Hall–Kier alpha value is -1.56. The Kier molecular flexibility index (Phi) is 4.27. The molecule has 4 bridgehead atoms. The molecule has 150 valence electrons. The lowest BCUT2D eigenvalue weighted by molar-refractivity contribution is -0.218. The van der Waals surface area contributed by atoms with Crippen LogP contribution in [0.25, 0.3) is 10.9 Å². The lowest BCUT2D eigenvalue weighted by Gasteiger charge is -2.62. The lowest BCUT2D eigenvalue weighted by Crippen LogP contribution is -2.65. The topological polar surface area (TPSA) is 76.6 Å². The van der Waals surface area contributed by atoms with Crippen LogP contribution in [0.2, 0.25) is 5.02 Å². The van der Waals surface area contributed by atoms with Gasteiger partial charge in [-0.1, -0.05) is 18.5 Å². The minimum Gasteiger partial charge on any atom is -0.368 e. The second-order valence-electron chi connectivity index (χ2n) is 9.33. The van der Waals surface area contributed by atoms with E-state index in [-0.39, 0.29) is 23.9 Å². The smallest absolute Gasteiger partial charge is 0.223 e. The molecular formula is C22H27ClN2O3. The Morgan fingerprint density at radius 3 is 2.68 bits per heavy atom. The standard InChI is InChI=1S/C22H27ClN2O3/c1-12(18-11-24-19-3-2-14(23)7-17(18)19)4-20(26)25-15-5-13-6-16(25)10-22(8-13,9-15)21(27)28/h2-3,7,11-13,15-16,21,24,27-28H,4-6,8-10H2,1H3. The van der Waals surface area contributed by atoms with Gasteiger partial charge in [-0.25, -0.2) is 0 Å². The van der Waals surface area contributed by atoms with Crippen molar-refractivity contribution in [2.45, 2.75) is 69.7 Å². The number of hydrogen-bond acceptors (Lipinski definition) is 3. The number of fused-ring (bicyclic) bond motifs is 1. The molecule has 3 unspecified atom stereocenters. The SMILES string of the molecule is CC(CC(=O)N1C2CC3CC1CC(C(O)O)(C3)C2)c1c[nH]c2ccc(Cl)cc12. The molecule has 3 atom stereocenters. The number of rotatable bonds is 4. The molecule has 3 heterocycles. The van der Waals surface area contributed by atoms with Crippen molar-refractivity contribution in [2.24, 2.45) is 11.3 Å². The van der Waals surface area contributed by atoms with Gasteiger partial charge >= 0.3 is 0 Å². The van der Waals surface area contributed by atoms with Gasteiger partial charge in [-0.2, -0.15) is 0 Å². The molecule has 1 aromatic heterocycles. The maximum Gasteiger partial charge on any atom is 0.223 e. The van der Waals surface area contributed by atoms with E-state index in [2.05, 4.69) is 16.8 Å². The minimum atomic E-state index is -1.27. The number of halogens is 1. The molecule has 4 aliphatic rings. The fourth-order valence-electron chi connectivity index (χ4n) is 6.41. The van der Waals surface area contributed by atoms with Crippen molar-refractivity contribution >= 4 is 28.4 Å². The zero-order chi connectivity index (χ0) is 19.6. The molecule has 2 aliphatic heterocycles. The average molecular weight is 403 g/mol. The summed E-state index contributed by atoms with van der Waals surface area (Å²) in [4.78, 5) is 18.7. The first-order chi connectivity index (χ1) is 13.4. The van der Waals surface area contributed by atoms with Gasteiger partial charge in [-0.05, 0) is 67.7 Å². The number of carbonyl (C=O) groups excluding carboxylic acids is 1. The third-order valence-electron chi connectivity index (χ3n) is 7.50. The number of nitrogens with one attached hydrogen (secondary N) is 1. The first-order valence-electron chi connectivity index (χ1n) is 10.3. The number of aliphatic hydroxyl groups is 2. The molecule has 5 nitrogen and oxygen atoms in total. The van der Waals surface area contributed by atoms with Crippen LogP contribution >= 0.6 is 11.6 Å². The van der Waals surface area contributed by atoms with Gasteiger partial charge < -0.3 is 20.1 Å². The number of benzene rings is 1. The number of amides is 1. The summed E-state index contributed by atoms with van der Waals surface area (Å²) in [5.74, 6) is 0.811. The predicted octanol–water partition coefficient (Wildman–Crippen LogP) is 3.79. The third kappa shape index (κ3) is 2.78. The van der Waals surface area contributed by atoms with Crippen LogP contribution in [0.3, 0.4) is 0 Å². The van der Waals surface area contributed by atoms with E-state index in [1.54, 1.807) is 0 Å². The summed E-state index contributed by atoms with van der Waals surface area (Å²) < 4.78 is 0. The van der Waals surface area contributed by atoms with Crippen LogP contribution in [0, 0.1) is 11.3 Å². The molecule has 0 radical (unpaired) electrons. The van der Waals surface area contributed by atoms with Gasteiger partial charge in [0, 0.05) is 46.0 Å². The molecule has 3 N–H and O–H groups in total. The van der Waals surface area contributed by atoms with Crippen LogP contribution in [0.4, 0.5) is 0 Å². The van der Waals surface area contributed by atoms with Crippen molar-refractivity contribution < 1.29 is 15.0 Å². The second-order valence-corrected chi connectivity index (χ2v) is 9.77. The number of nitrogens with zero attached hydrogens (tertiary/aromatic N) is 1. The van der Waals surface area contributed by atoms with Gasteiger partial charge in [0.2, 0.25) is 5.91 Å². The average Bonchev–Trinajstić information content (AvgIpc) is 3.03. The second kappa shape index (κ2) is 6.48. The van der Waals surface area contributed by atoms with Crippen molar-refractivity contribution in [3.05, 3.63) is 35.0 Å². The van der Waals surface area contributed by atoms with E-state index in [9.17, 15) is 15.0 Å². The summed E-state index contributed by atoms with van der Waals surface area (Å²) in [7, 11) is 0. The van der Waals surface area contributed by atoms with Gasteiger partial charge in [0.05, 0.1) is 0 Å². The van der Waals surface area contributed by atoms with Crippen molar-refractivity contribution in [2.75, 3.05) is 0 Å². The first-order valence-corrected chi connectivity index (χ1v) is 10.7. The first kappa shape index (κ1) is 18.5. The molecule has 2 saturated carbocycles. The Morgan fingerprint density at radius 2 is 2.00 bits per heavy atom. The van der Waals surface area contributed by atoms with Crippen molar-refractivity contribution in [1.29, 1.82) is 0 Å². The van der Waals surface area contributed by atoms with Gasteiger partial charge in [0.15, 0.2) is 6.29 Å². The zero-order valence-electron chi connectivity index (χ0n) is 16.1. The van der Waals surface area contributed by atoms with Crippen LogP contribution in [-0.2, 0) is 4.79 Å². The maximum atomic E-state index is 13.3. The monoisotopic (exact) mass is 402 g/mol. The van der Waals surface area contributed by atoms with Crippen LogP contribution in [0.5, 0.6) is 0 Å². The Bertz CT molecular complexity index is 908. The minimum absolute atomic E-state index is 0.0919. The van der Waals surface area contributed by atoms with E-state index in [0.717, 1.165) is 48.6 Å². The molecule has 1 amide bonds. The van der Waals surface area contributed by atoms with Gasteiger partial charge in [0.25, 0.3) is 0 Å². The van der Waals surface area contributed by atoms with Crippen molar-refractivity contribution in [3.8, 4) is 0 Å². The van der Waals surface area contributed by atoms with E-state index in [0.29, 0.717) is 17.4 Å². The molecule has 2 aromatic rings. The van der Waals surface area contributed by atoms with Crippen molar-refractivity contribution in [1.82, 2.24) is 9.88 Å². The Morgan fingerprint density at radius 1 is 1.29 bits per heavy atom. The summed E-state index contributed by atoms with van der Waals surface area (Å²) in [5.41, 5.74) is 1.76. The number of piperidine rings is 2. The largest absolute Gasteiger partial charge is 0.368 e. The molecule has 2 aliphatic carbocycles. The number of H-pyrrole nitrogens is 1. The van der Waals surface area contributed by atoms with E-state index < -0.39 is 11.7 Å². The zero-order valence-corrected chi connectivity index (χ0v) is 16.8. The molecule has 4 fully saturated rings. The third-order valence-corrected chi connectivity index (χ3v) is 7.74. The number of carbonyl (C=O) groups is 1. The van der Waals surface area contributed by atoms with E-state index in [4.69, 9.17) is 11.6 Å². The van der Waals surface area contributed by atoms with Gasteiger partial charge in [0.1, 0.15) is 0 Å². The van der Waals surface area contributed by atoms with E-state index in [1.165, 1.54) is 0 Å². The number of hydrogen-bond donors (Lipinski definition) is 3. The normalized spacial score (nSPS) is 32.5. The molecular weight excluding hydrogens is 376 g/mol. The molecule has 28 heavy (non-hydrogen) atoms. The highest BCUT2D eigenvalue weighted by Crippen LogP contribution is 2.57. The van der Waals surface area contributed by atoms with Crippen LogP contribution in [0.1, 0.15) is 56.9 Å². The fraction of sp³-hybridized carbons (Fsp3) is 0.591. The summed E-state index contributed by atoms with van der Waals surface area (Å²) in [6.07, 6.45) is 5.54. The summed E-state index contributed by atoms with van der Waals surface area (Å²) in [5, 5.41) is 21.7. The van der Waals surface area contributed by atoms with E-state index >= 15 is 0 Å². The van der Waals surface area contributed by atoms with Gasteiger partial charge in [-0.15, -0.1) is 0 Å². The Labute approximate surface area is 169 Å². The molecule has 0 spiro atoms. The highest BCUT2D eigenvalue weighted by atomic mass is 35.5. The molecule has 6 heteroatoms. The Balaban J connectivity index is 1.35. The number of aliphatic hydroxyl groups excluding tert-OH is 1. The highest BCUT2D eigenvalue weighted by Gasteiger charge is 2.58. The van der Waals surface area contributed by atoms with E-state index in [1.807, 2.05) is 24.4 Å².